The molecule has 2 saturated heterocycles. The molecule has 5 nitrogen and oxygen atoms in total. The second-order valence-electron chi connectivity index (χ2n) is 6.75. The highest BCUT2D eigenvalue weighted by Crippen LogP contribution is 2.29. The van der Waals surface area contributed by atoms with Crippen LogP contribution < -0.4 is 15.4 Å². The zero-order valence-corrected chi connectivity index (χ0v) is 14.1. The minimum Gasteiger partial charge on any atom is -0.497 e. The number of nitrogens with one attached hydrogen (secondary N) is 2. The first-order valence-corrected chi connectivity index (χ1v) is 8.53. The van der Waals surface area contributed by atoms with Gasteiger partial charge in [-0.2, -0.15) is 0 Å². The third kappa shape index (κ3) is 2.59. The molecule has 0 spiro atoms. The highest BCUT2D eigenvalue weighted by molar-refractivity contribution is 5.94. The molecule has 2 bridgehead atoms. The van der Waals surface area contributed by atoms with Crippen molar-refractivity contribution >= 4 is 5.91 Å². The molecule has 24 heavy (non-hydrogen) atoms. The first kappa shape index (κ1) is 15.3. The number of benzene rings is 1. The molecule has 0 aliphatic carbocycles. The molecule has 0 unspecified atom stereocenters. The topological polar surface area (TPSA) is 55.3 Å². The molecule has 1 amide bonds. The fraction of sp³-hybridized carbons (Fsp3) is 0.421. The summed E-state index contributed by atoms with van der Waals surface area (Å²) in [7, 11) is 3.60. The standard InChI is InChI=1S/C19H23N3O2/c1-22-17(12-3-6-14(24-2)7-4-12)9-10-18(22)19(23)21-16-11-13-5-8-15(16)20-13/h3-4,6-7,9-10,13,15-16,20H,5,8,11H2,1-2H3,(H,21,23)/t13-,15+,16-/m1/s1. The lowest BCUT2D eigenvalue weighted by molar-refractivity contribution is 0.0923. The van der Waals surface area contributed by atoms with Gasteiger partial charge in [-0.3, -0.25) is 4.79 Å². The van der Waals surface area contributed by atoms with Gasteiger partial charge < -0.3 is 19.9 Å². The van der Waals surface area contributed by atoms with E-state index in [1.165, 1.54) is 12.8 Å². The summed E-state index contributed by atoms with van der Waals surface area (Å²) in [6, 6.07) is 13.1. The van der Waals surface area contributed by atoms with E-state index in [2.05, 4.69) is 10.6 Å². The normalized spacial score (nSPS) is 25.0. The van der Waals surface area contributed by atoms with E-state index in [4.69, 9.17) is 4.74 Å². The van der Waals surface area contributed by atoms with Crippen LogP contribution in [0.15, 0.2) is 36.4 Å². The second kappa shape index (κ2) is 5.98. The summed E-state index contributed by atoms with van der Waals surface area (Å²) in [4.78, 5) is 12.7. The van der Waals surface area contributed by atoms with Gasteiger partial charge in [-0.05, 0) is 61.2 Å². The van der Waals surface area contributed by atoms with E-state index in [1.807, 2.05) is 48.0 Å². The summed E-state index contributed by atoms with van der Waals surface area (Å²) in [6.07, 6.45) is 3.45. The number of amides is 1. The largest absolute Gasteiger partial charge is 0.497 e. The molecule has 5 heteroatoms. The number of carbonyl (C=O) groups is 1. The van der Waals surface area contributed by atoms with Crippen molar-refractivity contribution in [2.24, 2.45) is 7.05 Å². The molecule has 126 valence electrons. The molecule has 1 aromatic heterocycles. The van der Waals surface area contributed by atoms with Crippen molar-refractivity contribution in [1.29, 1.82) is 0 Å². The number of hydrogen-bond donors (Lipinski definition) is 2. The Kier molecular flexibility index (Phi) is 3.81. The summed E-state index contributed by atoms with van der Waals surface area (Å²) < 4.78 is 7.16. The van der Waals surface area contributed by atoms with Gasteiger partial charge in [0.25, 0.3) is 5.91 Å². The maximum absolute atomic E-state index is 12.7. The smallest absolute Gasteiger partial charge is 0.268 e. The SMILES string of the molecule is COc1ccc(-c2ccc(C(=O)N[C@@H]3C[C@H]4CC[C@@H]3N4)n2C)cc1. The lowest BCUT2D eigenvalue weighted by atomic mass is 9.95. The van der Waals surface area contributed by atoms with E-state index < -0.39 is 0 Å². The van der Waals surface area contributed by atoms with Gasteiger partial charge >= 0.3 is 0 Å². The van der Waals surface area contributed by atoms with Gasteiger partial charge in [-0.1, -0.05) is 0 Å². The predicted octanol–water partition coefficient (Wildman–Crippen LogP) is 2.32. The molecule has 1 aromatic carbocycles. The summed E-state index contributed by atoms with van der Waals surface area (Å²) in [5, 5.41) is 6.77. The molecule has 4 rings (SSSR count). The summed E-state index contributed by atoms with van der Waals surface area (Å²) in [6.45, 7) is 0. The van der Waals surface area contributed by atoms with Crippen molar-refractivity contribution in [3.63, 3.8) is 0 Å². The van der Waals surface area contributed by atoms with Crippen molar-refractivity contribution in [3.8, 4) is 17.0 Å². The van der Waals surface area contributed by atoms with Gasteiger partial charge in [0.15, 0.2) is 0 Å². The molecule has 2 aliphatic rings. The van der Waals surface area contributed by atoms with E-state index >= 15 is 0 Å². The molecular formula is C19H23N3O2. The van der Waals surface area contributed by atoms with Crippen LogP contribution in [-0.2, 0) is 7.05 Å². The number of fused-ring (bicyclic) bond motifs is 2. The van der Waals surface area contributed by atoms with Gasteiger partial charge in [-0.25, -0.2) is 0 Å². The Balaban J connectivity index is 1.51. The molecule has 2 aliphatic heterocycles. The van der Waals surface area contributed by atoms with Crippen LogP contribution in [0.1, 0.15) is 29.8 Å². The van der Waals surface area contributed by atoms with Crippen molar-refractivity contribution < 1.29 is 9.53 Å². The van der Waals surface area contributed by atoms with Crippen LogP contribution in [0.4, 0.5) is 0 Å². The number of ether oxygens (including phenoxy) is 1. The number of carbonyl (C=O) groups excluding carboxylic acids is 1. The van der Waals surface area contributed by atoms with Crippen molar-refractivity contribution in [2.45, 2.75) is 37.4 Å². The molecule has 3 heterocycles. The van der Waals surface area contributed by atoms with E-state index in [0.29, 0.717) is 17.8 Å². The summed E-state index contributed by atoms with van der Waals surface area (Å²) >= 11 is 0. The van der Waals surface area contributed by atoms with Crippen LogP contribution in [0.2, 0.25) is 0 Å². The van der Waals surface area contributed by atoms with Crippen molar-refractivity contribution in [2.75, 3.05) is 7.11 Å². The average molecular weight is 325 g/mol. The van der Waals surface area contributed by atoms with Gasteiger partial charge in [0.05, 0.1) is 7.11 Å². The number of hydrogen-bond acceptors (Lipinski definition) is 3. The molecule has 0 radical (unpaired) electrons. The van der Waals surface area contributed by atoms with Gasteiger partial charge in [-0.15, -0.1) is 0 Å². The lowest BCUT2D eigenvalue weighted by Crippen LogP contribution is -2.43. The highest BCUT2D eigenvalue weighted by atomic mass is 16.5. The minimum absolute atomic E-state index is 0.0108. The van der Waals surface area contributed by atoms with Crippen molar-refractivity contribution in [1.82, 2.24) is 15.2 Å². The van der Waals surface area contributed by atoms with Gasteiger partial charge in [0, 0.05) is 30.9 Å². The Bertz CT molecular complexity index is 750. The highest BCUT2D eigenvalue weighted by Gasteiger charge is 2.39. The second-order valence-corrected chi connectivity index (χ2v) is 6.75. The number of rotatable bonds is 4. The first-order chi connectivity index (χ1) is 11.7. The van der Waals surface area contributed by atoms with Crippen LogP contribution in [0, 0.1) is 0 Å². The monoisotopic (exact) mass is 325 g/mol. The van der Waals surface area contributed by atoms with Crippen LogP contribution in [0.25, 0.3) is 11.3 Å². The van der Waals surface area contributed by atoms with Crippen LogP contribution in [0.3, 0.4) is 0 Å². The number of nitrogens with zero attached hydrogens (tertiary/aromatic N) is 1. The maximum atomic E-state index is 12.7. The molecular weight excluding hydrogens is 302 g/mol. The molecule has 3 atom stereocenters. The average Bonchev–Trinajstić information content (AvgIpc) is 3.30. The Labute approximate surface area is 142 Å². The van der Waals surface area contributed by atoms with E-state index in [-0.39, 0.29) is 11.9 Å². The van der Waals surface area contributed by atoms with Crippen molar-refractivity contribution in [3.05, 3.63) is 42.1 Å². The van der Waals surface area contributed by atoms with E-state index in [9.17, 15) is 4.79 Å². The fourth-order valence-corrected chi connectivity index (χ4v) is 4.02. The maximum Gasteiger partial charge on any atom is 0.268 e. The minimum atomic E-state index is 0.0108. The Hall–Kier alpha value is -2.27. The fourth-order valence-electron chi connectivity index (χ4n) is 4.02. The van der Waals surface area contributed by atoms with E-state index in [1.54, 1.807) is 7.11 Å². The quantitative estimate of drug-likeness (QED) is 0.907. The van der Waals surface area contributed by atoms with Crippen LogP contribution in [-0.4, -0.2) is 35.7 Å². The first-order valence-electron chi connectivity index (χ1n) is 8.53. The van der Waals surface area contributed by atoms with E-state index in [0.717, 1.165) is 23.4 Å². The van der Waals surface area contributed by atoms with Crippen LogP contribution in [0.5, 0.6) is 5.75 Å². The zero-order chi connectivity index (χ0) is 16.7. The number of aromatic nitrogens is 1. The van der Waals surface area contributed by atoms with Gasteiger partial charge in [0.1, 0.15) is 11.4 Å². The third-order valence-corrected chi connectivity index (χ3v) is 5.36. The predicted molar refractivity (Wildman–Crippen MR) is 93.2 cm³/mol. The number of methoxy groups -OCH3 is 1. The summed E-state index contributed by atoms with van der Waals surface area (Å²) in [5.41, 5.74) is 2.79. The molecule has 2 aromatic rings. The lowest BCUT2D eigenvalue weighted by Gasteiger charge is -2.21. The third-order valence-electron chi connectivity index (χ3n) is 5.36. The Morgan fingerprint density at radius 2 is 2.00 bits per heavy atom. The van der Waals surface area contributed by atoms with Gasteiger partial charge in [0.2, 0.25) is 0 Å². The summed E-state index contributed by atoms with van der Waals surface area (Å²) in [5.74, 6) is 0.839. The van der Waals surface area contributed by atoms with Crippen LogP contribution >= 0.6 is 0 Å². The Morgan fingerprint density at radius 1 is 1.21 bits per heavy atom. The molecule has 2 N–H and O–H groups in total. The molecule has 2 fully saturated rings. The molecule has 0 saturated carbocycles. The zero-order valence-electron chi connectivity index (χ0n) is 14.1. The Morgan fingerprint density at radius 3 is 2.62 bits per heavy atom.